The van der Waals surface area contributed by atoms with Crippen molar-refractivity contribution in [3.63, 3.8) is 0 Å². The molecule has 1 spiro atoms. The fourth-order valence-electron chi connectivity index (χ4n) is 3.25. The first-order valence-electron chi connectivity index (χ1n) is 7.37. The van der Waals surface area contributed by atoms with E-state index in [-0.39, 0.29) is 5.91 Å². The number of imide groups is 2. The minimum Gasteiger partial charge on any atom is -0.276 e. The number of carbonyl (C=O) groups excluding carboxylic acids is 3. The highest BCUT2D eigenvalue weighted by Gasteiger charge is 2.55. The van der Waals surface area contributed by atoms with Gasteiger partial charge in [0.2, 0.25) is 5.91 Å². The lowest BCUT2D eigenvalue weighted by atomic mass is 9.82. The smallest absolute Gasteiger partial charge is 0.276 e. The number of carbonyl (C=O) groups is 3. The van der Waals surface area contributed by atoms with E-state index in [1.807, 2.05) is 25.1 Å². The van der Waals surface area contributed by atoms with Crippen molar-refractivity contribution in [3.05, 3.63) is 29.8 Å². The molecule has 110 valence electrons. The Labute approximate surface area is 123 Å². The van der Waals surface area contributed by atoms with Crippen LogP contribution in [0.4, 0.5) is 10.5 Å². The molecule has 1 heterocycles. The lowest BCUT2D eigenvalue weighted by molar-refractivity contribution is -0.142. The predicted molar refractivity (Wildman–Crippen MR) is 77.7 cm³/mol. The first kappa shape index (κ1) is 13.8. The third-order valence-electron chi connectivity index (χ3n) is 4.50. The highest BCUT2D eigenvalue weighted by molar-refractivity contribution is 6.30. The molecule has 1 aromatic carbocycles. The first-order chi connectivity index (χ1) is 10.1. The predicted octanol–water partition coefficient (Wildman–Crippen LogP) is 2.39. The molecule has 5 heteroatoms. The molecule has 0 radical (unpaired) electrons. The molecule has 5 nitrogen and oxygen atoms in total. The molecular formula is C16H18N2O3. The molecule has 2 fully saturated rings. The van der Waals surface area contributed by atoms with Gasteiger partial charge in [-0.3, -0.25) is 14.9 Å². The summed E-state index contributed by atoms with van der Waals surface area (Å²) in [4.78, 5) is 38.2. The second-order valence-corrected chi connectivity index (χ2v) is 5.71. The molecule has 4 amide bonds. The van der Waals surface area contributed by atoms with E-state index in [4.69, 9.17) is 0 Å². The number of hydrogen-bond donors (Lipinski definition) is 1. The van der Waals surface area contributed by atoms with E-state index in [2.05, 4.69) is 5.32 Å². The van der Waals surface area contributed by atoms with Crippen LogP contribution in [0, 0.1) is 5.41 Å². The number of amides is 4. The van der Waals surface area contributed by atoms with Crippen molar-refractivity contribution in [2.75, 3.05) is 4.90 Å². The van der Waals surface area contributed by atoms with Gasteiger partial charge in [-0.1, -0.05) is 31.9 Å². The van der Waals surface area contributed by atoms with Crippen molar-refractivity contribution in [2.45, 2.75) is 39.0 Å². The van der Waals surface area contributed by atoms with Crippen LogP contribution in [0.15, 0.2) is 24.3 Å². The Bertz CT molecular complexity index is 618. The van der Waals surface area contributed by atoms with Crippen molar-refractivity contribution >= 4 is 23.5 Å². The highest BCUT2D eigenvalue weighted by Crippen LogP contribution is 2.42. The van der Waals surface area contributed by atoms with Crippen molar-refractivity contribution in [1.29, 1.82) is 0 Å². The summed E-state index contributed by atoms with van der Waals surface area (Å²) in [6.45, 7) is 2.01. The SMILES string of the molecule is CCc1cccc(N2C(=O)NC(=O)C3(CCCC3)C2=O)c1. The summed E-state index contributed by atoms with van der Waals surface area (Å²) in [6.07, 6.45) is 3.55. The minimum atomic E-state index is -1.05. The number of nitrogens with zero attached hydrogens (tertiary/aromatic N) is 1. The highest BCUT2D eigenvalue weighted by atomic mass is 16.2. The summed E-state index contributed by atoms with van der Waals surface area (Å²) in [5.41, 5.74) is 0.539. The van der Waals surface area contributed by atoms with Gasteiger partial charge in [0.15, 0.2) is 0 Å². The molecule has 21 heavy (non-hydrogen) atoms. The summed E-state index contributed by atoms with van der Waals surface area (Å²) in [7, 11) is 0. The number of rotatable bonds is 2. The number of urea groups is 1. The molecule has 1 saturated carbocycles. The largest absolute Gasteiger partial charge is 0.335 e. The standard InChI is InChI=1S/C16H18N2O3/c1-2-11-6-5-7-12(10-11)18-14(20)16(8-3-4-9-16)13(19)17-15(18)21/h5-7,10H,2-4,8-9H2,1H3,(H,17,19,21). The molecule has 0 unspecified atom stereocenters. The normalized spacial score (nSPS) is 21.0. The zero-order chi connectivity index (χ0) is 15.0. The van der Waals surface area contributed by atoms with Gasteiger partial charge >= 0.3 is 6.03 Å². The van der Waals surface area contributed by atoms with Crippen LogP contribution in [0.1, 0.15) is 38.2 Å². The van der Waals surface area contributed by atoms with Crippen LogP contribution in [0.2, 0.25) is 0 Å². The van der Waals surface area contributed by atoms with Crippen LogP contribution in [0.5, 0.6) is 0 Å². The van der Waals surface area contributed by atoms with E-state index in [9.17, 15) is 14.4 Å². The van der Waals surface area contributed by atoms with E-state index < -0.39 is 17.4 Å². The number of aryl methyl sites for hydroxylation is 1. The monoisotopic (exact) mass is 286 g/mol. The summed E-state index contributed by atoms with van der Waals surface area (Å²) in [5, 5.41) is 2.36. The zero-order valence-electron chi connectivity index (χ0n) is 12.0. The second kappa shape index (κ2) is 4.98. The Morgan fingerprint density at radius 2 is 1.90 bits per heavy atom. The number of hydrogen-bond acceptors (Lipinski definition) is 3. The van der Waals surface area contributed by atoms with Crippen LogP contribution >= 0.6 is 0 Å². The molecule has 1 saturated heterocycles. The van der Waals surface area contributed by atoms with Gasteiger partial charge in [-0.25, -0.2) is 9.69 Å². The van der Waals surface area contributed by atoms with Crippen molar-refractivity contribution in [2.24, 2.45) is 5.41 Å². The number of benzene rings is 1. The Hall–Kier alpha value is -2.17. The van der Waals surface area contributed by atoms with Crippen molar-refractivity contribution < 1.29 is 14.4 Å². The second-order valence-electron chi connectivity index (χ2n) is 5.71. The molecule has 3 rings (SSSR count). The lowest BCUT2D eigenvalue weighted by Gasteiger charge is -2.36. The van der Waals surface area contributed by atoms with Gasteiger partial charge < -0.3 is 0 Å². The summed E-state index contributed by atoms with van der Waals surface area (Å²) < 4.78 is 0. The molecular weight excluding hydrogens is 268 g/mol. The van der Waals surface area contributed by atoms with E-state index in [1.165, 1.54) is 0 Å². The number of barbiturate groups is 1. The zero-order valence-corrected chi connectivity index (χ0v) is 12.0. The summed E-state index contributed by atoms with van der Waals surface area (Å²) >= 11 is 0. The van der Waals surface area contributed by atoms with E-state index in [1.54, 1.807) is 6.07 Å². The van der Waals surface area contributed by atoms with E-state index in [0.717, 1.165) is 29.7 Å². The Morgan fingerprint density at radius 1 is 1.19 bits per heavy atom. The van der Waals surface area contributed by atoms with Crippen LogP contribution in [-0.2, 0) is 16.0 Å². The average molecular weight is 286 g/mol. The lowest BCUT2D eigenvalue weighted by Crippen LogP contribution is -2.63. The van der Waals surface area contributed by atoms with Gasteiger partial charge in [-0.15, -0.1) is 0 Å². The molecule has 1 aliphatic heterocycles. The number of nitrogens with one attached hydrogen (secondary N) is 1. The van der Waals surface area contributed by atoms with E-state index in [0.29, 0.717) is 18.5 Å². The topological polar surface area (TPSA) is 66.5 Å². The van der Waals surface area contributed by atoms with Gasteiger partial charge in [0, 0.05) is 0 Å². The van der Waals surface area contributed by atoms with Gasteiger partial charge in [-0.05, 0) is 37.0 Å². The molecule has 1 aliphatic carbocycles. The fraction of sp³-hybridized carbons (Fsp3) is 0.438. The maximum atomic E-state index is 12.8. The Morgan fingerprint density at radius 3 is 2.57 bits per heavy atom. The van der Waals surface area contributed by atoms with Gasteiger partial charge in [0.1, 0.15) is 5.41 Å². The molecule has 2 aliphatic rings. The first-order valence-corrected chi connectivity index (χ1v) is 7.37. The van der Waals surface area contributed by atoms with Crippen LogP contribution in [0.3, 0.4) is 0 Å². The van der Waals surface area contributed by atoms with Gasteiger partial charge in [0.05, 0.1) is 5.69 Å². The Balaban J connectivity index is 2.02. The van der Waals surface area contributed by atoms with Gasteiger partial charge in [-0.2, -0.15) is 0 Å². The van der Waals surface area contributed by atoms with Crippen LogP contribution < -0.4 is 10.2 Å². The molecule has 0 atom stereocenters. The fourth-order valence-corrected chi connectivity index (χ4v) is 3.25. The summed E-state index contributed by atoms with van der Waals surface area (Å²) in [6, 6.07) is 6.69. The maximum absolute atomic E-state index is 12.8. The summed E-state index contributed by atoms with van der Waals surface area (Å²) in [5.74, 6) is -0.806. The van der Waals surface area contributed by atoms with Gasteiger partial charge in [0.25, 0.3) is 5.91 Å². The quantitative estimate of drug-likeness (QED) is 0.849. The van der Waals surface area contributed by atoms with Crippen molar-refractivity contribution in [3.8, 4) is 0 Å². The third kappa shape index (κ3) is 2.04. The maximum Gasteiger partial charge on any atom is 0.335 e. The molecule has 0 aromatic heterocycles. The minimum absolute atomic E-state index is 0.373. The van der Waals surface area contributed by atoms with E-state index >= 15 is 0 Å². The molecule has 1 N–H and O–H groups in total. The van der Waals surface area contributed by atoms with Crippen LogP contribution in [-0.4, -0.2) is 17.8 Å². The average Bonchev–Trinajstić information content (AvgIpc) is 2.97. The number of anilines is 1. The molecule has 0 bridgehead atoms. The van der Waals surface area contributed by atoms with Crippen LogP contribution in [0.25, 0.3) is 0 Å². The molecule has 1 aromatic rings. The Kier molecular flexibility index (Phi) is 3.27. The van der Waals surface area contributed by atoms with Crippen molar-refractivity contribution in [1.82, 2.24) is 5.32 Å². The third-order valence-corrected chi connectivity index (χ3v) is 4.50.